The number of rotatable bonds is 5. The molecule has 2 nitrogen and oxygen atoms in total. The molecule has 1 saturated carbocycles. The van der Waals surface area contributed by atoms with E-state index in [0.717, 1.165) is 19.3 Å². The molecule has 0 aromatic rings. The van der Waals surface area contributed by atoms with Crippen molar-refractivity contribution < 1.29 is 13.9 Å². The third kappa shape index (κ3) is 4.34. The van der Waals surface area contributed by atoms with Gasteiger partial charge in [-0.1, -0.05) is 26.7 Å². The first kappa shape index (κ1) is 13.8. The van der Waals surface area contributed by atoms with Crippen molar-refractivity contribution in [3.05, 3.63) is 0 Å². The third-order valence-corrected chi connectivity index (χ3v) is 3.54. The van der Waals surface area contributed by atoms with Crippen molar-refractivity contribution in [2.75, 3.05) is 13.2 Å². The highest BCUT2D eigenvalue weighted by atomic mass is 19.3. The molecule has 0 saturated heterocycles. The van der Waals surface area contributed by atoms with Crippen LogP contribution in [0.15, 0.2) is 0 Å². The third-order valence-electron chi connectivity index (χ3n) is 3.54. The molecule has 1 aliphatic rings. The summed E-state index contributed by atoms with van der Waals surface area (Å²) in [5, 5.41) is 11.4. The zero-order chi connectivity index (χ0) is 12.2. The predicted molar refractivity (Wildman–Crippen MR) is 60.6 cm³/mol. The molecule has 0 spiro atoms. The second-order valence-electron chi connectivity index (χ2n) is 5.26. The maximum absolute atomic E-state index is 12.9. The summed E-state index contributed by atoms with van der Waals surface area (Å²) in [6, 6.07) is 0.193. The van der Waals surface area contributed by atoms with E-state index in [-0.39, 0.29) is 6.04 Å². The van der Waals surface area contributed by atoms with E-state index in [1.807, 2.05) is 0 Å². The highest BCUT2D eigenvalue weighted by Crippen LogP contribution is 2.30. The van der Waals surface area contributed by atoms with E-state index in [0.29, 0.717) is 11.8 Å². The Hall–Kier alpha value is -0.220. The smallest absolute Gasteiger partial charge is 0.282 e. The molecule has 2 unspecified atom stereocenters. The normalized spacial score (nSPS) is 27.4. The van der Waals surface area contributed by atoms with Gasteiger partial charge in [0.2, 0.25) is 0 Å². The highest BCUT2D eigenvalue weighted by molar-refractivity contribution is 4.81. The van der Waals surface area contributed by atoms with E-state index in [1.54, 1.807) is 0 Å². The van der Waals surface area contributed by atoms with Gasteiger partial charge in [0.25, 0.3) is 5.92 Å². The van der Waals surface area contributed by atoms with E-state index in [2.05, 4.69) is 19.2 Å². The van der Waals surface area contributed by atoms with Crippen molar-refractivity contribution in [3.8, 4) is 0 Å². The van der Waals surface area contributed by atoms with Crippen LogP contribution in [0.3, 0.4) is 0 Å². The maximum Gasteiger partial charge on any atom is 0.282 e. The molecule has 16 heavy (non-hydrogen) atoms. The van der Waals surface area contributed by atoms with Crippen molar-refractivity contribution in [3.63, 3.8) is 0 Å². The Morgan fingerprint density at radius 1 is 1.38 bits per heavy atom. The number of nitrogens with one attached hydrogen (secondary N) is 1. The molecule has 0 bridgehead atoms. The van der Waals surface area contributed by atoms with Gasteiger partial charge >= 0.3 is 0 Å². The number of alkyl halides is 2. The van der Waals surface area contributed by atoms with Gasteiger partial charge in [-0.3, -0.25) is 0 Å². The minimum Gasteiger partial charge on any atom is -0.390 e. The molecule has 96 valence electrons. The second-order valence-corrected chi connectivity index (χ2v) is 5.26. The Kier molecular flexibility index (Phi) is 5.12. The van der Waals surface area contributed by atoms with Gasteiger partial charge in [-0.25, -0.2) is 8.78 Å². The molecule has 1 rings (SSSR count). The van der Waals surface area contributed by atoms with Crippen LogP contribution in [-0.4, -0.2) is 30.2 Å². The fraction of sp³-hybridized carbons (Fsp3) is 1.00. The fourth-order valence-corrected chi connectivity index (χ4v) is 2.37. The monoisotopic (exact) mass is 235 g/mol. The molecule has 0 radical (unpaired) electrons. The highest BCUT2D eigenvalue weighted by Gasteiger charge is 2.30. The molecule has 2 atom stereocenters. The van der Waals surface area contributed by atoms with Crippen molar-refractivity contribution >= 4 is 0 Å². The molecule has 0 aromatic heterocycles. The summed E-state index contributed by atoms with van der Waals surface area (Å²) in [5.41, 5.74) is 0. The molecule has 0 heterocycles. The number of halogens is 2. The van der Waals surface area contributed by atoms with E-state index in [1.165, 1.54) is 6.42 Å². The van der Waals surface area contributed by atoms with E-state index < -0.39 is 19.1 Å². The fourth-order valence-electron chi connectivity index (χ4n) is 2.37. The Morgan fingerprint density at radius 3 is 2.62 bits per heavy atom. The van der Waals surface area contributed by atoms with Gasteiger partial charge in [0.15, 0.2) is 0 Å². The summed E-state index contributed by atoms with van der Waals surface area (Å²) in [6.07, 6.45) is 4.29. The van der Waals surface area contributed by atoms with Crippen LogP contribution in [0.2, 0.25) is 0 Å². The van der Waals surface area contributed by atoms with Gasteiger partial charge < -0.3 is 10.4 Å². The summed E-state index contributed by atoms with van der Waals surface area (Å²) in [4.78, 5) is 0. The lowest BCUT2D eigenvalue weighted by Crippen LogP contribution is -2.43. The molecule has 2 N–H and O–H groups in total. The zero-order valence-corrected chi connectivity index (χ0v) is 10.2. The number of hydrogen-bond acceptors (Lipinski definition) is 2. The van der Waals surface area contributed by atoms with Crippen LogP contribution in [-0.2, 0) is 0 Å². The summed E-state index contributed by atoms with van der Waals surface area (Å²) in [7, 11) is 0. The quantitative estimate of drug-likeness (QED) is 0.767. The molecular weight excluding hydrogens is 212 g/mol. The van der Waals surface area contributed by atoms with Gasteiger partial charge in [-0.15, -0.1) is 0 Å². The van der Waals surface area contributed by atoms with Crippen LogP contribution in [0.1, 0.15) is 39.5 Å². The topological polar surface area (TPSA) is 32.3 Å². The minimum absolute atomic E-state index is 0.193. The molecule has 0 aliphatic heterocycles. The van der Waals surface area contributed by atoms with Crippen molar-refractivity contribution in [1.82, 2.24) is 5.32 Å². The van der Waals surface area contributed by atoms with E-state index in [4.69, 9.17) is 5.11 Å². The SMILES string of the molecule is CC(C)C1CCCC(NCC(F)(F)CO)C1. The van der Waals surface area contributed by atoms with Gasteiger partial charge in [-0.2, -0.15) is 0 Å². The molecule has 1 aliphatic carbocycles. The minimum atomic E-state index is -2.98. The maximum atomic E-state index is 12.9. The lowest BCUT2D eigenvalue weighted by atomic mass is 9.79. The van der Waals surface area contributed by atoms with Gasteiger partial charge in [0.1, 0.15) is 6.61 Å². The number of aliphatic hydroxyl groups excluding tert-OH is 1. The molecule has 0 aromatic carbocycles. The largest absolute Gasteiger partial charge is 0.390 e. The lowest BCUT2D eigenvalue weighted by Gasteiger charge is -2.33. The Labute approximate surface area is 96.4 Å². The molecule has 1 fully saturated rings. The van der Waals surface area contributed by atoms with E-state index in [9.17, 15) is 8.78 Å². The van der Waals surface area contributed by atoms with Crippen LogP contribution >= 0.6 is 0 Å². The first-order chi connectivity index (χ1) is 7.44. The van der Waals surface area contributed by atoms with Crippen molar-refractivity contribution in [2.24, 2.45) is 11.8 Å². The number of hydrogen-bond donors (Lipinski definition) is 2. The van der Waals surface area contributed by atoms with Crippen LogP contribution < -0.4 is 5.32 Å². The van der Waals surface area contributed by atoms with Gasteiger partial charge in [0.05, 0.1) is 6.54 Å². The molecular formula is C12H23F2NO. The summed E-state index contributed by atoms with van der Waals surface area (Å²) in [5.74, 6) is -1.71. The standard InChI is InChI=1S/C12H23F2NO/c1-9(2)10-4-3-5-11(6-10)15-7-12(13,14)8-16/h9-11,15-16H,3-8H2,1-2H3. The summed E-state index contributed by atoms with van der Waals surface area (Å²) in [6.45, 7) is 2.91. The first-order valence-electron chi connectivity index (χ1n) is 6.16. The van der Waals surface area contributed by atoms with Crippen LogP contribution in [0.5, 0.6) is 0 Å². The van der Waals surface area contributed by atoms with Crippen molar-refractivity contribution in [1.29, 1.82) is 0 Å². The summed E-state index contributed by atoms with van der Waals surface area (Å²) >= 11 is 0. The Morgan fingerprint density at radius 2 is 2.06 bits per heavy atom. The Bertz CT molecular complexity index is 209. The van der Waals surface area contributed by atoms with Crippen LogP contribution in [0.4, 0.5) is 8.78 Å². The van der Waals surface area contributed by atoms with Gasteiger partial charge in [-0.05, 0) is 24.7 Å². The van der Waals surface area contributed by atoms with Crippen LogP contribution in [0, 0.1) is 11.8 Å². The average Bonchev–Trinajstić information content (AvgIpc) is 2.27. The second kappa shape index (κ2) is 5.92. The Balaban J connectivity index is 2.32. The predicted octanol–water partition coefficient (Wildman–Crippen LogP) is 2.42. The molecule has 0 amide bonds. The van der Waals surface area contributed by atoms with E-state index >= 15 is 0 Å². The lowest BCUT2D eigenvalue weighted by molar-refractivity contribution is -0.0505. The van der Waals surface area contributed by atoms with Crippen LogP contribution in [0.25, 0.3) is 0 Å². The first-order valence-corrected chi connectivity index (χ1v) is 6.16. The summed E-state index contributed by atoms with van der Waals surface area (Å²) < 4.78 is 25.7. The molecule has 4 heteroatoms. The number of aliphatic hydroxyl groups is 1. The average molecular weight is 235 g/mol. The van der Waals surface area contributed by atoms with Crippen molar-refractivity contribution in [2.45, 2.75) is 51.5 Å². The van der Waals surface area contributed by atoms with Gasteiger partial charge in [0, 0.05) is 6.04 Å². The zero-order valence-electron chi connectivity index (χ0n) is 10.2.